The molecule has 0 radical (unpaired) electrons. The van der Waals surface area contributed by atoms with Gasteiger partial charge in [-0.3, -0.25) is 4.79 Å². The molecule has 23 heavy (non-hydrogen) atoms. The Morgan fingerprint density at radius 2 is 1.83 bits per heavy atom. The first-order valence-electron chi connectivity index (χ1n) is 7.74. The third kappa shape index (κ3) is 4.05. The second-order valence-corrected chi connectivity index (χ2v) is 6.79. The molecule has 1 N–H and O–H groups in total. The lowest BCUT2D eigenvalue weighted by Crippen LogP contribution is -2.22. The van der Waals surface area contributed by atoms with Crippen LogP contribution >= 0.6 is 11.8 Å². The van der Waals surface area contributed by atoms with Crippen molar-refractivity contribution >= 4 is 17.7 Å². The zero-order valence-corrected chi connectivity index (χ0v) is 14.6. The maximum Gasteiger partial charge on any atom is 0.313 e. The second kappa shape index (κ2) is 8.34. The van der Waals surface area contributed by atoms with Crippen molar-refractivity contribution < 1.29 is 24.1 Å². The largest absolute Gasteiger partial charge is 0.493 e. The third-order valence-electron chi connectivity index (χ3n) is 4.26. The molecule has 2 atom stereocenters. The molecule has 0 bridgehead atoms. The van der Waals surface area contributed by atoms with Gasteiger partial charge in [0.1, 0.15) is 0 Å². The minimum Gasteiger partial charge on any atom is -0.493 e. The molecule has 0 heterocycles. The number of thioether (sulfide) groups is 1. The van der Waals surface area contributed by atoms with E-state index in [0.717, 1.165) is 31.2 Å². The van der Waals surface area contributed by atoms with Gasteiger partial charge < -0.3 is 19.3 Å². The molecular weight excluding hydrogens is 316 g/mol. The lowest BCUT2D eigenvalue weighted by Gasteiger charge is -2.32. The fourth-order valence-electron chi connectivity index (χ4n) is 3.25. The summed E-state index contributed by atoms with van der Waals surface area (Å²) in [5, 5.41) is 9.25. The summed E-state index contributed by atoms with van der Waals surface area (Å²) in [5.74, 6) is 1.57. The van der Waals surface area contributed by atoms with E-state index in [1.54, 1.807) is 21.3 Å². The molecule has 128 valence electrons. The lowest BCUT2D eigenvalue weighted by atomic mass is 9.83. The number of carbonyl (C=O) groups is 1. The summed E-state index contributed by atoms with van der Waals surface area (Å²) in [5.41, 5.74) is 1.08. The highest BCUT2D eigenvalue weighted by atomic mass is 32.2. The second-order valence-electron chi connectivity index (χ2n) is 5.56. The van der Waals surface area contributed by atoms with Crippen molar-refractivity contribution in [1.29, 1.82) is 0 Å². The molecule has 1 aliphatic rings. The van der Waals surface area contributed by atoms with Gasteiger partial charge in [0.05, 0.1) is 27.1 Å². The number of aliphatic carboxylic acids is 1. The summed E-state index contributed by atoms with van der Waals surface area (Å²) in [4.78, 5) is 10.9. The Labute approximate surface area is 141 Å². The van der Waals surface area contributed by atoms with Gasteiger partial charge >= 0.3 is 5.97 Å². The average molecular weight is 340 g/mol. The van der Waals surface area contributed by atoms with Crippen LogP contribution in [0.4, 0.5) is 0 Å². The van der Waals surface area contributed by atoms with Crippen molar-refractivity contribution in [2.24, 2.45) is 0 Å². The van der Waals surface area contributed by atoms with Crippen LogP contribution in [-0.2, 0) is 4.79 Å². The number of carboxylic acids is 1. The normalized spacial score (nSPS) is 20.8. The molecule has 1 fully saturated rings. The van der Waals surface area contributed by atoms with Gasteiger partial charge in [-0.1, -0.05) is 18.9 Å². The van der Waals surface area contributed by atoms with E-state index in [0.29, 0.717) is 17.2 Å². The van der Waals surface area contributed by atoms with Crippen molar-refractivity contribution in [3.05, 3.63) is 17.7 Å². The summed E-state index contributed by atoms with van der Waals surface area (Å²) < 4.78 is 16.4. The lowest BCUT2D eigenvalue weighted by molar-refractivity contribution is -0.133. The van der Waals surface area contributed by atoms with Gasteiger partial charge in [-0.25, -0.2) is 0 Å². The number of rotatable bonds is 7. The SMILES string of the molecule is COc1ccc([C@@H]2CCCC[C@H]2SCC(=O)O)c(OC)c1OC. The molecule has 0 aromatic heterocycles. The fraction of sp³-hybridized carbons (Fsp3) is 0.588. The molecule has 0 aliphatic heterocycles. The van der Waals surface area contributed by atoms with E-state index in [9.17, 15) is 4.79 Å². The third-order valence-corrected chi connectivity index (χ3v) is 5.66. The van der Waals surface area contributed by atoms with Crippen LogP contribution in [0.5, 0.6) is 17.2 Å². The fourth-order valence-corrected chi connectivity index (χ4v) is 4.45. The van der Waals surface area contributed by atoms with Crippen LogP contribution in [0.3, 0.4) is 0 Å². The Bertz CT molecular complexity index is 546. The van der Waals surface area contributed by atoms with E-state index in [1.165, 1.54) is 11.8 Å². The first-order valence-corrected chi connectivity index (χ1v) is 8.79. The highest BCUT2D eigenvalue weighted by molar-refractivity contribution is 8.00. The highest BCUT2D eigenvalue weighted by Gasteiger charge is 2.31. The summed E-state index contributed by atoms with van der Waals surface area (Å²) in [6.45, 7) is 0. The quantitative estimate of drug-likeness (QED) is 0.819. The predicted molar refractivity (Wildman–Crippen MR) is 91.2 cm³/mol. The first kappa shape index (κ1) is 17.8. The van der Waals surface area contributed by atoms with Gasteiger partial charge in [0, 0.05) is 10.8 Å². The average Bonchev–Trinajstić information content (AvgIpc) is 2.58. The molecule has 1 aromatic rings. The number of carboxylic acid groups (broad SMARTS) is 1. The minimum atomic E-state index is -0.765. The zero-order chi connectivity index (χ0) is 16.8. The molecule has 0 amide bonds. The van der Waals surface area contributed by atoms with Crippen LogP contribution in [0.1, 0.15) is 37.2 Å². The van der Waals surface area contributed by atoms with E-state index >= 15 is 0 Å². The van der Waals surface area contributed by atoms with Crippen LogP contribution in [0.15, 0.2) is 12.1 Å². The predicted octanol–water partition coefficient (Wildman–Crippen LogP) is 3.56. The van der Waals surface area contributed by atoms with Crippen molar-refractivity contribution in [3.63, 3.8) is 0 Å². The van der Waals surface area contributed by atoms with Crippen LogP contribution < -0.4 is 14.2 Å². The Morgan fingerprint density at radius 1 is 1.13 bits per heavy atom. The number of hydrogen-bond acceptors (Lipinski definition) is 5. The van der Waals surface area contributed by atoms with Crippen LogP contribution in [-0.4, -0.2) is 43.4 Å². The van der Waals surface area contributed by atoms with Crippen molar-refractivity contribution in [3.8, 4) is 17.2 Å². The standard InChI is InChI=1S/C17H24O5S/c1-20-13-9-8-12(16(21-2)17(13)22-3)11-6-4-5-7-14(11)23-10-15(18)19/h8-9,11,14H,4-7,10H2,1-3H3,(H,18,19)/t11-,14+/m0/s1. The molecule has 6 heteroatoms. The molecule has 5 nitrogen and oxygen atoms in total. The van der Waals surface area contributed by atoms with Crippen LogP contribution in [0.2, 0.25) is 0 Å². The monoisotopic (exact) mass is 340 g/mol. The summed E-state index contributed by atoms with van der Waals surface area (Å²) in [7, 11) is 4.83. The zero-order valence-electron chi connectivity index (χ0n) is 13.8. The molecule has 0 spiro atoms. The Morgan fingerprint density at radius 3 is 2.43 bits per heavy atom. The first-order chi connectivity index (χ1) is 11.1. The molecule has 0 unspecified atom stereocenters. The van der Waals surface area contributed by atoms with E-state index in [4.69, 9.17) is 19.3 Å². The molecule has 1 aliphatic carbocycles. The van der Waals surface area contributed by atoms with Gasteiger partial charge in [0.25, 0.3) is 0 Å². The van der Waals surface area contributed by atoms with E-state index < -0.39 is 5.97 Å². The highest BCUT2D eigenvalue weighted by Crippen LogP contribution is 2.48. The van der Waals surface area contributed by atoms with E-state index in [1.807, 2.05) is 12.1 Å². The van der Waals surface area contributed by atoms with Crippen molar-refractivity contribution in [1.82, 2.24) is 0 Å². The van der Waals surface area contributed by atoms with Gasteiger partial charge in [-0.05, 0) is 24.8 Å². The van der Waals surface area contributed by atoms with E-state index in [2.05, 4.69) is 0 Å². The van der Waals surface area contributed by atoms with E-state index in [-0.39, 0.29) is 16.9 Å². The molecule has 0 saturated heterocycles. The van der Waals surface area contributed by atoms with Gasteiger partial charge in [0.2, 0.25) is 5.75 Å². The van der Waals surface area contributed by atoms with Crippen LogP contribution in [0, 0.1) is 0 Å². The van der Waals surface area contributed by atoms with Gasteiger partial charge in [-0.2, -0.15) is 0 Å². The summed E-state index contributed by atoms with van der Waals surface area (Å²) in [6, 6.07) is 3.91. The Kier molecular flexibility index (Phi) is 6.45. The Hall–Kier alpha value is -1.56. The summed E-state index contributed by atoms with van der Waals surface area (Å²) in [6.07, 6.45) is 4.35. The number of hydrogen-bond donors (Lipinski definition) is 1. The van der Waals surface area contributed by atoms with Crippen LogP contribution in [0.25, 0.3) is 0 Å². The molecule has 1 saturated carbocycles. The maximum absolute atomic E-state index is 10.9. The molecular formula is C17H24O5S. The minimum absolute atomic E-state index is 0.136. The van der Waals surface area contributed by atoms with Crippen molar-refractivity contribution in [2.45, 2.75) is 36.9 Å². The number of ether oxygens (including phenoxy) is 3. The summed E-state index contributed by atoms with van der Waals surface area (Å²) >= 11 is 1.52. The maximum atomic E-state index is 10.9. The molecule has 1 aromatic carbocycles. The number of benzene rings is 1. The van der Waals surface area contributed by atoms with Gasteiger partial charge in [-0.15, -0.1) is 11.8 Å². The smallest absolute Gasteiger partial charge is 0.313 e. The number of methoxy groups -OCH3 is 3. The molecule has 2 rings (SSSR count). The Balaban J connectivity index is 2.35. The van der Waals surface area contributed by atoms with Gasteiger partial charge in [0.15, 0.2) is 11.5 Å². The topological polar surface area (TPSA) is 65.0 Å². The van der Waals surface area contributed by atoms with Crippen molar-refractivity contribution in [2.75, 3.05) is 27.1 Å².